The lowest BCUT2D eigenvalue weighted by Gasteiger charge is -2.22. The predicted octanol–water partition coefficient (Wildman–Crippen LogP) is 3.54. The van der Waals surface area contributed by atoms with Gasteiger partial charge in [0.2, 0.25) is 5.75 Å². The number of hydrogen-bond acceptors (Lipinski definition) is 6. The molecule has 0 bridgehead atoms. The molecule has 0 unspecified atom stereocenters. The van der Waals surface area contributed by atoms with Gasteiger partial charge in [0.15, 0.2) is 11.5 Å². The van der Waals surface area contributed by atoms with Crippen molar-refractivity contribution in [2.45, 2.75) is 26.6 Å². The molecule has 3 aromatic rings. The molecule has 2 aromatic heterocycles. The summed E-state index contributed by atoms with van der Waals surface area (Å²) in [4.78, 5) is 9.81. The van der Waals surface area contributed by atoms with Crippen LogP contribution in [0.5, 0.6) is 17.2 Å². The van der Waals surface area contributed by atoms with Gasteiger partial charge in [-0.1, -0.05) is 0 Å². The summed E-state index contributed by atoms with van der Waals surface area (Å²) in [5, 5.41) is 0. The zero-order valence-electron chi connectivity index (χ0n) is 16.1. The van der Waals surface area contributed by atoms with Crippen molar-refractivity contribution in [2.24, 2.45) is 0 Å². The fraction of sp³-hybridized carbons (Fsp3) is 0.350. The molecule has 0 fully saturated rings. The minimum atomic E-state index is 0.587. The molecule has 0 spiro atoms. The van der Waals surface area contributed by atoms with E-state index in [0.717, 1.165) is 22.7 Å². The molecule has 0 aliphatic heterocycles. The molecule has 0 atom stereocenters. The van der Waals surface area contributed by atoms with Crippen LogP contribution in [-0.4, -0.2) is 36.2 Å². The van der Waals surface area contributed by atoms with E-state index in [9.17, 15) is 0 Å². The maximum absolute atomic E-state index is 5.54. The normalized spacial score (nSPS) is 11.0. The molecule has 27 heavy (non-hydrogen) atoms. The third-order valence-corrected chi connectivity index (χ3v) is 4.40. The molecule has 0 radical (unpaired) electrons. The molecule has 7 nitrogen and oxygen atoms in total. The van der Waals surface area contributed by atoms with Gasteiger partial charge in [0.25, 0.3) is 0 Å². The lowest BCUT2D eigenvalue weighted by Crippen LogP contribution is -2.23. The second-order valence-corrected chi connectivity index (χ2v) is 6.23. The van der Waals surface area contributed by atoms with E-state index >= 15 is 0 Å². The van der Waals surface area contributed by atoms with Gasteiger partial charge in [-0.2, -0.15) is 0 Å². The van der Waals surface area contributed by atoms with Crippen LogP contribution in [0, 0.1) is 6.92 Å². The molecule has 0 amide bonds. The molecular weight excluding hydrogens is 346 g/mol. The fourth-order valence-corrected chi connectivity index (χ4v) is 3.03. The van der Waals surface area contributed by atoms with E-state index in [1.165, 1.54) is 0 Å². The average Bonchev–Trinajstić information content (AvgIpc) is 3.33. The molecular formula is C20H25N3O4. The Balaban J connectivity index is 1.87. The highest BCUT2D eigenvalue weighted by Gasteiger charge is 2.17. The number of benzene rings is 1. The van der Waals surface area contributed by atoms with E-state index in [4.69, 9.17) is 18.6 Å². The van der Waals surface area contributed by atoms with Gasteiger partial charge < -0.3 is 23.6 Å². The van der Waals surface area contributed by atoms with Gasteiger partial charge in [0, 0.05) is 18.8 Å². The Morgan fingerprint density at radius 2 is 1.78 bits per heavy atom. The van der Waals surface area contributed by atoms with Crippen molar-refractivity contribution >= 4 is 0 Å². The van der Waals surface area contributed by atoms with Crippen LogP contribution < -0.4 is 14.2 Å². The number of nitrogens with one attached hydrogen (secondary N) is 1. The first-order chi connectivity index (χ1) is 13.1. The number of nitrogens with zero attached hydrogens (tertiary/aromatic N) is 2. The molecule has 1 aromatic carbocycles. The third-order valence-electron chi connectivity index (χ3n) is 4.40. The van der Waals surface area contributed by atoms with Crippen molar-refractivity contribution in [1.82, 2.24) is 14.9 Å². The van der Waals surface area contributed by atoms with Crippen molar-refractivity contribution in [3.8, 4) is 17.2 Å². The van der Waals surface area contributed by atoms with Crippen molar-refractivity contribution in [3.63, 3.8) is 0 Å². The number of aromatic nitrogens is 2. The molecule has 0 saturated carbocycles. The number of imidazole rings is 1. The summed E-state index contributed by atoms with van der Waals surface area (Å²) < 4.78 is 21.9. The second kappa shape index (κ2) is 8.64. The predicted molar refractivity (Wildman–Crippen MR) is 101 cm³/mol. The number of aromatic amines is 1. The highest BCUT2D eigenvalue weighted by molar-refractivity contribution is 5.53. The van der Waals surface area contributed by atoms with Crippen LogP contribution in [0.25, 0.3) is 0 Å². The van der Waals surface area contributed by atoms with Crippen LogP contribution in [0.4, 0.5) is 0 Å². The van der Waals surface area contributed by atoms with Gasteiger partial charge in [-0.05, 0) is 36.8 Å². The average molecular weight is 371 g/mol. The Morgan fingerprint density at radius 1 is 1.04 bits per heavy atom. The van der Waals surface area contributed by atoms with E-state index in [-0.39, 0.29) is 0 Å². The number of hydrogen-bond donors (Lipinski definition) is 1. The summed E-state index contributed by atoms with van der Waals surface area (Å²) in [6.07, 6.45) is 3.40. The quantitative estimate of drug-likeness (QED) is 0.620. The van der Waals surface area contributed by atoms with Crippen LogP contribution in [-0.2, 0) is 19.6 Å². The van der Waals surface area contributed by atoms with Crippen LogP contribution in [0.1, 0.15) is 22.7 Å². The van der Waals surface area contributed by atoms with Gasteiger partial charge in [-0.15, -0.1) is 0 Å². The van der Waals surface area contributed by atoms with Gasteiger partial charge in [0.1, 0.15) is 5.76 Å². The minimum absolute atomic E-state index is 0.587. The summed E-state index contributed by atoms with van der Waals surface area (Å²) in [6.45, 7) is 4.04. The number of ether oxygens (including phenoxy) is 3. The Labute approximate surface area is 158 Å². The zero-order chi connectivity index (χ0) is 19.2. The molecule has 2 heterocycles. The molecule has 0 aliphatic carbocycles. The van der Waals surface area contributed by atoms with E-state index in [0.29, 0.717) is 36.9 Å². The second-order valence-electron chi connectivity index (χ2n) is 6.23. The first-order valence-electron chi connectivity index (χ1n) is 8.67. The highest BCUT2D eigenvalue weighted by Crippen LogP contribution is 2.38. The van der Waals surface area contributed by atoms with Crippen molar-refractivity contribution in [3.05, 3.63) is 59.6 Å². The van der Waals surface area contributed by atoms with Gasteiger partial charge in [0.05, 0.1) is 46.2 Å². The standard InChI is InChI=1S/C20H25N3O4/c1-14-17(22-13-21-14)12-23(11-16-6-5-7-27-16)10-15-8-18(24-2)20(26-4)19(9-15)25-3/h5-9,13H,10-12H2,1-4H3,(H,21,22). The topological polar surface area (TPSA) is 72.8 Å². The van der Waals surface area contributed by atoms with Gasteiger partial charge in [-0.3, -0.25) is 4.90 Å². The smallest absolute Gasteiger partial charge is 0.203 e. The van der Waals surface area contributed by atoms with Crippen LogP contribution in [0.3, 0.4) is 0 Å². The monoisotopic (exact) mass is 371 g/mol. The molecule has 7 heteroatoms. The van der Waals surface area contributed by atoms with Crippen LogP contribution in [0.2, 0.25) is 0 Å². The van der Waals surface area contributed by atoms with E-state index in [2.05, 4.69) is 14.9 Å². The van der Waals surface area contributed by atoms with Crippen LogP contribution >= 0.6 is 0 Å². The number of methoxy groups -OCH3 is 3. The number of aryl methyl sites for hydroxylation is 1. The van der Waals surface area contributed by atoms with E-state index < -0.39 is 0 Å². The summed E-state index contributed by atoms with van der Waals surface area (Å²) in [5.74, 6) is 2.77. The minimum Gasteiger partial charge on any atom is -0.493 e. The summed E-state index contributed by atoms with van der Waals surface area (Å²) in [7, 11) is 4.84. The number of H-pyrrole nitrogens is 1. The molecule has 0 saturated heterocycles. The zero-order valence-corrected chi connectivity index (χ0v) is 16.1. The first-order valence-corrected chi connectivity index (χ1v) is 8.67. The Morgan fingerprint density at radius 3 is 2.30 bits per heavy atom. The Kier molecular flexibility index (Phi) is 6.03. The molecule has 3 rings (SSSR count). The number of furan rings is 1. The van der Waals surface area contributed by atoms with Gasteiger partial charge in [-0.25, -0.2) is 4.98 Å². The summed E-state index contributed by atoms with van der Waals surface area (Å²) in [6, 6.07) is 7.80. The van der Waals surface area contributed by atoms with E-state index in [1.807, 2.05) is 31.2 Å². The molecule has 144 valence electrons. The Hall–Kier alpha value is -2.93. The maximum atomic E-state index is 5.54. The SMILES string of the molecule is COc1cc(CN(Cc2ccco2)Cc2nc[nH]c2C)cc(OC)c1OC. The number of rotatable bonds is 9. The Bertz CT molecular complexity index is 833. The third kappa shape index (κ3) is 4.43. The fourth-order valence-electron chi connectivity index (χ4n) is 3.03. The lowest BCUT2D eigenvalue weighted by atomic mass is 10.1. The van der Waals surface area contributed by atoms with E-state index in [1.54, 1.807) is 33.9 Å². The highest BCUT2D eigenvalue weighted by atomic mass is 16.5. The van der Waals surface area contributed by atoms with Crippen molar-refractivity contribution in [2.75, 3.05) is 21.3 Å². The summed E-state index contributed by atoms with van der Waals surface area (Å²) in [5.41, 5.74) is 3.11. The van der Waals surface area contributed by atoms with Crippen molar-refractivity contribution in [1.29, 1.82) is 0 Å². The maximum Gasteiger partial charge on any atom is 0.203 e. The lowest BCUT2D eigenvalue weighted by molar-refractivity contribution is 0.223. The molecule has 0 aliphatic rings. The molecule has 1 N–H and O–H groups in total. The summed E-state index contributed by atoms with van der Waals surface area (Å²) >= 11 is 0. The van der Waals surface area contributed by atoms with Crippen molar-refractivity contribution < 1.29 is 18.6 Å². The first kappa shape index (κ1) is 18.8. The largest absolute Gasteiger partial charge is 0.493 e. The van der Waals surface area contributed by atoms with Crippen LogP contribution in [0.15, 0.2) is 41.3 Å². The van der Waals surface area contributed by atoms with Gasteiger partial charge >= 0.3 is 0 Å².